The van der Waals surface area contributed by atoms with Crippen LogP contribution in [-0.2, 0) is 9.53 Å². The van der Waals surface area contributed by atoms with Gasteiger partial charge >= 0.3 is 5.97 Å². The molecule has 0 spiro atoms. The molecule has 8 heteroatoms. The molecule has 98 valence electrons. The van der Waals surface area contributed by atoms with Crippen LogP contribution in [0.1, 0.15) is 17.8 Å². The minimum atomic E-state index is -0.385. The van der Waals surface area contributed by atoms with Crippen LogP contribution in [0.15, 0.2) is 28.8 Å². The van der Waals surface area contributed by atoms with E-state index in [1.54, 1.807) is 16.0 Å². The first kappa shape index (κ1) is 11.8. The first-order valence-corrected chi connectivity index (χ1v) is 6.47. The lowest BCUT2D eigenvalue weighted by Crippen LogP contribution is -2.28. The maximum Gasteiger partial charge on any atom is 0.338 e. The highest BCUT2D eigenvalue weighted by Gasteiger charge is 2.35. The Kier molecular flexibility index (Phi) is 2.79. The Morgan fingerprint density at radius 2 is 2.42 bits per heavy atom. The molecule has 2 aromatic heterocycles. The Morgan fingerprint density at radius 1 is 1.58 bits per heavy atom. The van der Waals surface area contributed by atoms with E-state index >= 15 is 0 Å². The molecule has 3 heterocycles. The molecule has 1 N–H and O–H groups in total. The fourth-order valence-corrected chi connectivity index (χ4v) is 2.91. The molecule has 0 aromatic carbocycles. The molecule has 3 rings (SSSR count). The lowest BCUT2D eigenvalue weighted by atomic mass is 10.0. The zero-order chi connectivity index (χ0) is 13.4. The van der Waals surface area contributed by atoms with E-state index in [9.17, 15) is 4.79 Å². The quantitative estimate of drug-likeness (QED) is 0.830. The summed E-state index contributed by atoms with van der Waals surface area (Å²) in [5.41, 5.74) is 1.22. The Bertz CT molecular complexity index is 646. The van der Waals surface area contributed by atoms with Gasteiger partial charge in [0, 0.05) is 10.6 Å². The van der Waals surface area contributed by atoms with Crippen LogP contribution in [0.25, 0.3) is 0 Å². The van der Waals surface area contributed by atoms with E-state index in [-0.39, 0.29) is 12.0 Å². The van der Waals surface area contributed by atoms with E-state index in [4.69, 9.17) is 4.74 Å². The van der Waals surface area contributed by atoms with Crippen LogP contribution < -0.4 is 5.32 Å². The summed E-state index contributed by atoms with van der Waals surface area (Å²) >= 11 is 1.54. The number of nitrogens with zero attached hydrogens (tertiary/aromatic N) is 4. The third kappa shape index (κ3) is 1.80. The summed E-state index contributed by atoms with van der Waals surface area (Å²) in [4.78, 5) is 13.0. The number of fused-ring (bicyclic) bond motifs is 1. The second-order valence-corrected chi connectivity index (χ2v) is 5.00. The van der Waals surface area contributed by atoms with Gasteiger partial charge in [0.05, 0.1) is 12.7 Å². The number of carbonyl (C=O) groups is 1. The molecule has 0 saturated heterocycles. The summed E-state index contributed by atoms with van der Waals surface area (Å²) in [5, 5.41) is 16.5. The minimum Gasteiger partial charge on any atom is -0.466 e. The number of thiophene rings is 1. The van der Waals surface area contributed by atoms with Gasteiger partial charge in [-0.2, -0.15) is 4.68 Å². The van der Waals surface area contributed by atoms with Gasteiger partial charge in [-0.15, -0.1) is 11.3 Å². The number of nitrogens with one attached hydrogen (secondary N) is 1. The summed E-state index contributed by atoms with van der Waals surface area (Å²) < 4.78 is 6.45. The molecular formula is C11H11N5O2S. The van der Waals surface area contributed by atoms with Crippen LogP contribution in [0.5, 0.6) is 0 Å². The molecule has 0 radical (unpaired) electrons. The van der Waals surface area contributed by atoms with E-state index in [1.807, 2.05) is 24.4 Å². The van der Waals surface area contributed by atoms with Crippen molar-refractivity contribution < 1.29 is 9.53 Å². The smallest absolute Gasteiger partial charge is 0.338 e. The fourth-order valence-electron chi connectivity index (χ4n) is 2.10. The highest BCUT2D eigenvalue weighted by Crippen LogP contribution is 2.36. The lowest BCUT2D eigenvalue weighted by Gasteiger charge is -2.25. The van der Waals surface area contributed by atoms with E-state index in [2.05, 4.69) is 20.8 Å². The Balaban J connectivity index is 2.18. The molecule has 19 heavy (non-hydrogen) atoms. The number of ether oxygens (including phenoxy) is 1. The number of esters is 1. The standard InChI is InChI=1S/C11H11N5O2S/c1-6-8(10(17)18-2)9(7-4-3-5-19-7)16-11(12-6)13-14-15-16/h3-5,9H,1-2H3,(H,12,13,15)/t9-/m1/s1. The average Bonchev–Trinajstić information content (AvgIpc) is 3.06. The average molecular weight is 277 g/mol. The summed E-state index contributed by atoms with van der Waals surface area (Å²) in [7, 11) is 1.36. The van der Waals surface area contributed by atoms with Crippen molar-refractivity contribution in [1.29, 1.82) is 0 Å². The largest absolute Gasteiger partial charge is 0.466 e. The van der Waals surface area contributed by atoms with Crippen LogP contribution in [0.4, 0.5) is 5.95 Å². The molecule has 0 bridgehead atoms. The molecule has 7 nitrogen and oxygen atoms in total. The van der Waals surface area contributed by atoms with Gasteiger partial charge < -0.3 is 10.1 Å². The van der Waals surface area contributed by atoms with E-state index < -0.39 is 0 Å². The third-order valence-corrected chi connectivity index (χ3v) is 3.86. The predicted molar refractivity (Wildman–Crippen MR) is 68.6 cm³/mol. The van der Waals surface area contributed by atoms with Gasteiger partial charge in [0.25, 0.3) is 0 Å². The highest BCUT2D eigenvalue weighted by atomic mass is 32.1. The van der Waals surface area contributed by atoms with E-state index in [0.29, 0.717) is 17.2 Å². The number of anilines is 1. The number of allylic oxidation sites excluding steroid dienone is 1. The molecule has 0 saturated carbocycles. The number of hydrogen-bond acceptors (Lipinski definition) is 7. The fraction of sp³-hybridized carbons (Fsp3) is 0.273. The Hall–Kier alpha value is -2.22. The molecular weight excluding hydrogens is 266 g/mol. The Labute approximate surface area is 112 Å². The number of rotatable bonds is 2. The zero-order valence-corrected chi connectivity index (χ0v) is 11.1. The Morgan fingerprint density at radius 3 is 3.11 bits per heavy atom. The van der Waals surface area contributed by atoms with Crippen LogP contribution in [0.3, 0.4) is 0 Å². The maximum absolute atomic E-state index is 12.0. The summed E-state index contributed by atoms with van der Waals surface area (Å²) in [6, 6.07) is 3.53. The molecule has 2 aromatic rings. The third-order valence-electron chi connectivity index (χ3n) is 2.93. The van der Waals surface area contributed by atoms with E-state index in [1.165, 1.54) is 7.11 Å². The van der Waals surface area contributed by atoms with Crippen molar-refractivity contribution in [3.8, 4) is 0 Å². The van der Waals surface area contributed by atoms with E-state index in [0.717, 1.165) is 4.88 Å². The molecule has 0 unspecified atom stereocenters. The van der Waals surface area contributed by atoms with Gasteiger partial charge in [-0.05, 0) is 28.8 Å². The number of tetrazole rings is 1. The van der Waals surface area contributed by atoms with Crippen LogP contribution in [-0.4, -0.2) is 33.3 Å². The van der Waals surface area contributed by atoms with Crippen LogP contribution >= 0.6 is 11.3 Å². The van der Waals surface area contributed by atoms with Crippen molar-refractivity contribution in [3.05, 3.63) is 33.7 Å². The number of aromatic nitrogens is 4. The van der Waals surface area contributed by atoms with Gasteiger partial charge in [-0.1, -0.05) is 11.2 Å². The number of methoxy groups -OCH3 is 1. The molecule has 0 amide bonds. The summed E-state index contributed by atoms with van der Waals surface area (Å²) in [5.74, 6) is 0.133. The van der Waals surface area contributed by atoms with Gasteiger partial charge in [-0.3, -0.25) is 0 Å². The van der Waals surface area contributed by atoms with Crippen molar-refractivity contribution in [2.45, 2.75) is 13.0 Å². The SMILES string of the molecule is COC(=O)C1=C(C)Nc2nnnn2[C@@H]1c1cccs1. The number of carbonyl (C=O) groups excluding carboxylic acids is 1. The van der Waals surface area contributed by atoms with Crippen molar-refractivity contribution in [2.24, 2.45) is 0 Å². The predicted octanol–water partition coefficient (Wildman–Crippen LogP) is 1.20. The lowest BCUT2D eigenvalue weighted by molar-refractivity contribution is -0.136. The molecule has 0 aliphatic carbocycles. The molecule has 1 aliphatic rings. The topological polar surface area (TPSA) is 81.9 Å². The van der Waals surface area contributed by atoms with Crippen LogP contribution in [0.2, 0.25) is 0 Å². The van der Waals surface area contributed by atoms with Gasteiger partial charge in [0.2, 0.25) is 5.95 Å². The van der Waals surface area contributed by atoms with Gasteiger partial charge in [0.15, 0.2) is 0 Å². The minimum absolute atomic E-state index is 0.348. The molecule has 1 atom stereocenters. The highest BCUT2D eigenvalue weighted by molar-refractivity contribution is 7.10. The van der Waals surface area contributed by atoms with Crippen molar-refractivity contribution >= 4 is 23.3 Å². The van der Waals surface area contributed by atoms with Crippen molar-refractivity contribution in [1.82, 2.24) is 20.2 Å². The molecule has 1 aliphatic heterocycles. The first-order chi connectivity index (χ1) is 9.22. The first-order valence-electron chi connectivity index (χ1n) is 5.59. The van der Waals surface area contributed by atoms with Crippen LogP contribution in [0, 0.1) is 0 Å². The second-order valence-electron chi connectivity index (χ2n) is 4.02. The van der Waals surface area contributed by atoms with Gasteiger partial charge in [-0.25, -0.2) is 4.79 Å². The molecule has 0 fully saturated rings. The number of hydrogen-bond donors (Lipinski definition) is 1. The zero-order valence-electron chi connectivity index (χ0n) is 10.3. The van der Waals surface area contributed by atoms with Gasteiger partial charge in [0.1, 0.15) is 6.04 Å². The van der Waals surface area contributed by atoms with Crippen molar-refractivity contribution in [3.63, 3.8) is 0 Å². The maximum atomic E-state index is 12.0. The normalized spacial score (nSPS) is 17.9. The second kappa shape index (κ2) is 4.47. The summed E-state index contributed by atoms with van der Waals surface area (Å²) in [6.07, 6.45) is 0. The summed E-state index contributed by atoms with van der Waals surface area (Å²) in [6.45, 7) is 1.81. The van der Waals surface area contributed by atoms with Crippen molar-refractivity contribution in [2.75, 3.05) is 12.4 Å². The monoisotopic (exact) mass is 277 g/mol.